The van der Waals surface area contributed by atoms with Crippen LogP contribution < -0.4 is 9.47 Å². The van der Waals surface area contributed by atoms with Crippen LogP contribution in [0.25, 0.3) is 0 Å². The molecule has 0 bridgehead atoms. The van der Waals surface area contributed by atoms with E-state index in [4.69, 9.17) is 9.47 Å². The molecular formula is C33H44FNO3. The largest absolute Gasteiger partial charge is 0.493 e. The van der Waals surface area contributed by atoms with Gasteiger partial charge in [0.2, 0.25) is 5.91 Å². The summed E-state index contributed by atoms with van der Waals surface area (Å²) in [7, 11) is 1.59. The number of hydrogen-bond acceptors (Lipinski definition) is 3. The second-order valence-corrected chi connectivity index (χ2v) is 11.7. The third kappa shape index (κ3) is 4.82. The minimum Gasteiger partial charge on any atom is -0.493 e. The predicted molar refractivity (Wildman–Crippen MR) is 149 cm³/mol. The number of fused-ring (bicyclic) bond motifs is 1. The number of ether oxygens (including phenoxy) is 2. The Morgan fingerprint density at radius 3 is 2.55 bits per heavy atom. The molecule has 3 aliphatic rings. The molecule has 2 heterocycles. The molecule has 4 nitrogen and oxygen atoms in total. The van der Waals surface area contributed by atoms with Crippen molar-refractivity contribution in [3.05, 3.63) is 59.4 Å². The van der Waals surface area contributed by atoms with Gasteiger partial charge in [0.15, 0.2) is 11.5 Å². The minimum absolute atomic E-state index is 0.214. The van der Waals surface area contributed by atoms with Crippen molar-refractivity contribution in [1.82, 2.24) is 4.90 Å². The van der Waals surface area contributed by atoms with E-state index in [2.05, 4.69) is 49.1 Å². The topological polar surface area (TPSA) is 38.8 Å². The number of benzene rings is 2. The maximum Gasteiger partial charge on any atom is 0.226 e. The molecule has 0 spiro atoms. The molecule has 1 amide bonds. The van der Waals surface area contributed by atoms with Gasteiger partial charge in [0.05, 0.1) is 13.7 Å². The number of amides is 1. The number of halogens is 1. The summed E-state index contributed by atoms with van der Waals surface area (Å²) in [4.78, 5) is 16.9. The van der Waals surface area contributed by atoms with E-state index in [-0.39, 0.29) is 23.7 Å². The third-order valence-electron chi connectivity index (χ3n) is 9.98. The molecular weight excluding hydrogens is 477 g/mol. The number of hydrogen-bond donors (Lipinski definition) is 0. The maximum atomic E-state index is 15.6. The molecule has 5 rings (SSSR count). The van der Waals surface area contributed by atoms with Gasteiger partial charge in [-0.3, -0.25) is 4.79 Å². The van der Waals surface area contributed by atoms with Gasteiger partial charge >= 0.3 is 0 Å². The average Bonchev–Trinajstić information content (AvgIpc) is 2.98. The van der Waals surface area contributed by atoms with Gasteiger partial charge in [-0.15, -0.1) is 0 Å². The van der Waals surface area contributed by atoms with Crippen LogP contribution in [-0.4, -0.2) is 37.1 Å². The van der Waals surface area contributed by atoms with Crippen LogP contribution in [0.1, 0.15) is 95.1 Å². The van der Waals surface area contributed by atoms with Gasteiger partial charge in [0.25, 0.3) is 0 Å². The fourth-order valence-corrected chi connectivity index (χ4v) is 7.98. The zero-order chi connectivity index (χ0) is 26.7. The van der Waals surface area contributed by atoms with Gasteiger partial charge in [-0.1, -0.05) is 63.4 Å². The molecule has 4 atom stereocenters. The van der Waals surface area contributed by atoms with Crippen molar-refractivity contribution in [1.29, 1.82) is 0 Å². The quantitative estimate of drug-likeness (QED) is 0.376. The Balaban J connectivity index is 1.50. The standard InChI is InChI=1S/C33H44FNO3/c1-4-26(33(5-2)19-21-38-31-29(37-3)17-16-27(34)30(31)33)32(36)35-20-18-25(23-12-8-6-9-13-23)22-28(35)24-14-10-7-11-15-24/h6,8-9,12-13,16-17,24-26,28H,4-5,7,10-11,14-15,18-22H2,1-3H3/t25-,26+,28+,33+/m1/s1. The first-order chi connectivity index (χ1) is 18.5. The molecule has 206 valence electrons. The molecule has 0 aromatic heterocycles. The molecule has 2 fully saturated rings. The van der Waals surface area contributed by atoms with Crippen molar-refractivity contribution >= 4 is 5.91 Å². The average molecular weight is 522 g/mol. The number of carbonyl (C=O) groups excluding carboxylic acids is 1. The lowest BCUT2D eigenvalue weighted by Crippen LogP contribution is -2.55. The van der Waals surface area contributed by atoms with Crippen LogP contribution in [0.4, 0.5) is 4.39 Å². The van der Waals surface area contributed by atoms with Crippen molar-refractivity contribution in [3.63, 3.8) is 0 Å². The molecule has 38 heavy (non-hydrogen) atoms. The Morgan fingerprint density at radius 1 is 1.11 bits per heavy atom. The minimum atomic E-state index is -0.606. The van der Waals surface area contributed by atoms with Crippen molar-refractivity contribution in [2.24, 2.45) is 11.8 Å². The first kappa shape index (κ1) is 27.0. The summed E-state index contributed by atoms with van der Waals surface area (Å²) >= 11 is 0. The van der Waals surface area contributed by atoms with Gasteiger partial charge in [-0.2, -0.15) is 0 Å². The fraction of sp³-hybridized carbons (Fsp3) is 0.606. The zero-order valence-corrected chi connectivity index (χ0v) is 23.4. The number of rotatable bonds is 7. The van der Waals surface area contributed by atoms with Crippen molar-refractivity contribution in [3.8, 4) is 11.5 Å². The predicted octanol–water partition coefficient (Wildman–Crippen LogP) is 7.65. The zero-order valence-electron chi connectivity index (χ0n) is 23.4. The Labute approximate surface area is 227 Å². The smallest absolute Gasteiger partial charge is 0.226 e. The van der Waals surface area contributed by atoms with Crippen LogP contribution >= 0.6 is 0 Å². The highest BCUT2D eigenvalue weighted by atomic mass is 19.1. The van der Waals surface area contributed by atoms with Gasteiger partial charge in [-0.05, 0) is 74.5 Å². The summed E-state index contributed by atoms with van der Waals surface area (Å²) in [6.07, 6.45) is 10.2. The van der Waals surface area contributed by atoms with Gasteiger partial charge < -0.3 is 14.4 Å². The third-order valence-corrected chi connectivity index (χ3v) is 9.98. The van der Waals surface area contributed by atoms with E-state index in [9.17, 15) is 4.79 Å². The van der Waals surface area contributed by atoms with Crippen molar-refractivity contribution in [2.75, 3.05) is 20.3 Å². The van der Waals surface area contributed by atoms with Crippen LogP contribution in [-0.2, 0) is 10.2 Å². The van der Waals surface area contributed by atoms with Crippen LogP contribution in [0.3, 0.4) is 0 Å². The van der Waals surface area contributed by atoms with E-state index < -0.39 is 5.41 Å². The monoisotopic (exact) mass is 521 g/mol. The highest BCUT2D eigenvalue weighted by Crippen LogP contribution is 2.53. The molecule has 0 radical (unpaired) electrons. The number of likely N-dealkylation sites (tertiary alicyclic amines) is 1. The van der Waals surface area contributed by atoms with Crippen LogP contribution in [0.5, 0.6) is 11.5 Å². The summed E-state index contributed by atoms with van der Waals surface area (Å²) in [6, 6.07) is 14.2. The molecule has 1 saturated carbocycles. The van der Waals surface area contributed by atoms with Crippen LogP contribution in [0, 0.1) is 17.7 Å². The van der Waals surface area contributed by atoms with E-state index in [1.165, 1.54) is 43.7 Å². The molecule has 2 aromatic carbocycles. The second kappa shape index (κ2) is 11.7. The highest BCUT2D eigenvalue weighted by molar-refractivity contribution is 5.82. The SMILES string of the molecule is CC[C@@H](C(=O)N1CC[C@@H](c2ccccc2)C[C@H]1C1CCCCC1)[C@]1(CC)CCOc2c(OC)ccc(F)c21. The lowest BCUT2D eigenvalue weighted by atomic mass is 9.63. The molecule has 1 saturated heterocycles. The van der Waals surface area contributed by atoms with E-state index in [0.29, 0.717) is 54.8 Å². The summed E-state index contributed by atoms with van der Waals surface area (Å²) in [5, 5.41) is 0. The summed E-state index contributed by atoms with van der Waals surface area (Å²) in [5.74, 6) is 1.69. The maximum absolute atomic E-state index is 15.6. The number of piperidine rings is 1. The molecule has 0 unspecified atom stereocenters. The molecule has 2 aromatic rings. The van der Waals surface area contributed by atoms with Gasteiger partial charge in [0.1, 0.15) is 5.82 Å². The van der Waals surface area contributed by atoms with Crippen molar-refractivity contribution < 1.29 is 18.7 Å². The Kier molecular flexibility index (Phi) is 8.30. The summed E-state index contributed by atoms with van der Waals surface area (Å²) < 4.78 is 27.2. The lowest BCUT2D eigenvalue weighted by Gasteiger charge is -2.49. The normalized spacial score (nSPS) is 26.8. The summed E-state index contributed by atoms with van der Waals surface area (Å²) in [6.45, 7) is 5.44. The molecule has 0 N–H and O–H groups in total. The first-order valence-corrected chi connectivity index (χ1v) is 14.9. The highest BCUT2D eigenvalue weighted by Gasteiger charge is 2.50. The lowest BCUT2D eigenvalue weighted by molar-refractivity contribution is -0.145. The fourth-order valence-electron chi connectivity index (χ4n) is 7.98. The van der Waals surface area contributed by atoms with E-state index >= 15 is 4.39 Å². The number of methoxy groups -OCH3 is 1. The molecule has 1 aliphatic carbocycles. The number of nitrogens with zero attached hydrogens (tertiary/aromatic N) is 1. The Hall–Kier alpha value is -2.56. The molecule has 2 aliphatic heterocycles. The Morgan fingerprint density at radius 2 is 1.87 bits per heavy atom. The van der Waals surface area contributed by atoms with E-state index in [0.717, 1.165) is 19.4 Å². The van der Waals surface area contributed by atoms with Crippen LogP contribution in [0.2, 0.25) is 0 Å². The van der Waals surface area contributed by atoms with Gasteiger partial charge in [-0.25, -0.2) is 4.39 Å². The molecule has 5 heteroatoms. The first-order valence-electron chi connectivity index (χ1n) is 14.9. The van der Waals surface area contributed by atoms with E-state index in [1.54, 1.807) is 13.2 Å². The van der Waals surface area contributed by atoms with Crippen LogP contribution in [0.15, 0.2) is 42.5 Å². The van der Waals surface area contributed by atoms with Gasteiger partial charge in [0, 0.05) is 29.5 Å². The second-order valence-electron chi connectivity index (χ2n) is 11.7. The Bertz CT molecular complexity index is 1100. The number of carbonyl (C=O) groups is 1. The summed E-state index contributed by atoms with van der Waals surface area (Å²) in [5.41, 5.74) is 1.33. The van der Waals surface area contributed by atoms with E-state index in [1.807, 2.05) is 0 Å². The van der Waals surface area contributed by atoms with Crippen molar-refractivity contribution in [2.45, 2.75) is 95.4 Å².